The molecule has 3 aromatic rings. The summed E-state index contributed by atoms with van der Waals surface area (Å²) in [6.45, 7) is 0.575. The summed E-state index contributed by atoms with van der Waals surface area (Å²) in [5.74, 6) is 1.02. The third kappa shape index (κ3) is 5.26. The first-order chi connectivity index (χ1) is 13.9. The smallest absolute Gasteiger partial charge is 0.137 e. The van der Waals surface area contributed by atoms with Gasteiger partial charge in [0, 0.05) is 29.2 Å². The molecule has 0 saturated heterocycles. The first kappa shape index (κ1) is 21.1. The number of rotatable bonds is 8. The minimum absolute atomic E-state index is 0.000939. The second-order valence-electron chi connectivity index (χ2n) is 6.69. The fourth-order valence-corrected chi connectivity index (χ4v) is 3.61. The molecule has 1 atom stereocenters. The average molecular weight is 461 g/mol. The SMILES string of the molecule is C#CCN(Cc1ccccc1Br)CC(O)(Cn1cncn1)c1ccc(F)cc1F. The molecule has 0 fully saturated rings. The average Bonchev–Trinajstić information content (AvgIpc) is 3.16. The molecule has 2 aromatic carbocycles. The molecule has 8 heteroatoms. The lowest BCUT2D eigenvalue weighted by atomic mass is 9.92. The Balaban J connectivity index is 1.95. The Labute approximate surface area is 176 Å². The molecular formula is C21H19BrF2N4O. The Hall–Kier alpha value is -2.60. The topological polar surface area (TPSA) is 54.2 Å². The van der Waals surface area contributed by atoms with Crippen LogP contribution in [0.15, 0.2) is 59.6 Å². The lowest BCUT2D eigenvalue weighted by Crippen LogP contribution is -2.44. The lowest BCUT2D eigenvalue weighted by molar-refractivity contribution is -0.0205. The maximum absolute atomic E-state index is 14.6. The molecule has 0 saturated carbocycles. The highest BCUT2D eigenvalue weighted by Gasteiger charge is 2.35. The van der Waals surface area contributed by atoms with Crippen LogP contribution in [0.2, 0.25) is 0 Å². The summed E-state index contributed by atoms with van der Waals surface area (Å²) in [5, 5.41) is 15.5. The molecule has 3 rings (SSSR count). The fraction of sp³-hybridized carbons (Fsp3) is 0.238. The van der Waals surface area contributed by atoms with E-state index in [0.29, 0.717) is 6.54 Å². The van der Waals surface area contributed by atoms with Crippen molar-refractivity contribution in [3.05, 3.63) is 82.4 Å². The van der Waals surface area contributed by atoms with Crippen LogP contribution in [0.4, 0.5) is 8.78 Å². The molecule has 0 spiro atoms. The van der Waals surface area contributed by atoms with Gasteiger partial charge in [-0.2, -0.15) is 5.10 Å². The summed E-state index contributed by atoms with van der Waals surface area (Å²) in [4.78, 5) is 5.69. The van der Waals surface area contributed by atoms with Crippen LogP contribution >= 0.6 is 15.9 Å². The molecule has 0 amide bonds. The molecule has 1 unspecified atom stereocenters. The van der Waals surface area contributed by atoms with Crippen molar-refractivity contribution in [3.8, 4) is 12.3 Å². The number of terminal acetylenes is 1. The van der Waals surface area contributed by atoms with E-state index >= 15 is 0 Å². The van der Waals surface area contributed by atoms with E-state index in [1.807, 2.05) is 29.2 Å². The van der Waals surface area contributed by atoms with Crippen molar-refractivity contribution < 1.29 is 13.9 Å². The molecule has 1 N–H and O–H groups in total. The standard InChI is InChI=1S/C21H19BrF2N4O/c1-2-9-27(11-16-5-3-4-6-19(16)22)12-21(29,13-28-15-25-14-26-28)18-8-7-17(23)10-20(18)24/h1,3-8,10,14-15,29H,9,11-13H2. The Morgan fingerprint density at radius 2 is 2.03 bits per heavy atom. The van der Waals surface area contributed by atoms with E-state index in [-0.39, 0.29) is 25.2 Å². The first-order valence-electron chi connectivity index (χ1n) is 8.81. The van der Waals surface area contributed by atoms with Gasteiger partial charge in [-0.1, -0.05) is 46.1 Å². The van der Waals surface area contributed by atoms with E-state index in [0.717, 1.165) is 22.2 Å². The molecule has 150 valence electrons. The monoisotopic (exact) mass is 460 g/mol. The predicted molar refractivity (Wildman–Crippen MR) is 109 cm³/mol. The molecule has 1 aromatic heterocycles. The maximum Gasteiger partial charge on any atom is 0.137 e. The van der Waals surface area contributed by atoms with Crippen molar-refractivity contribution in [2.75, 3.05) is 13.1 Å². The van der Waals surface area contributed by atoms with Crippen molar-refractivity contribution in [1.29, 1.82) is 0 Å². The van der Waals surface area contributed by atoms with Crippen molar-refractivity contribution in [3.63, 3.8) is 0 Å². The van der Waals surface area contributed by atoms with Gasteiger partial charge in [-0.25, -0.2) is 18.4 Å². The van der Waals surface area contributed by atoms with Gasteiger partial charge >= 0.3 is 0 Å². The van der Waals surface area contributed by atoms with Crippen LogP contribution in [0, 0.1) is 24.0 Å². The van der Waals surface area contributed by atoms with Gasteiger partial charge < -0.3 is 5.11 Å². The molecule has 0 radical (unpaired) electrons. The largest absolute Gasteiger partial charge is 0.382 e. The number of hydrogen-bond acceptors (Lipinski definition) is 4. The second kappa shape index (κ2) is 9.27. The number of hydrogen-bond donors (Lipinski definition) is 1. The highest BCUT2D eigenvalue weighted by Crippen LogP contribution is 2.29. The van der Waals surface area contributed by atoms with Crippen LogP contribution in [-0.2, 0) is 18.7 Å². The maximum atomic E-state index is 14.6. The molecular weight excluding hydrogens is 442 g/mol. The van der Waals surface area contributed by atoms with Gasteiger partial charge in [0.15, 0.2) is 0 Å². The zero-order chi connectivity index (χ0) is 20.9. The summed E-state index contributed by atoms with van der Waals surface area (Å²) in [6, 6.07) is 10.7. The van der Waals surface area contributed by atoms with Gasteiger partial charge in [0.05, 0.1) is 13.1 Å². The minimum Gasteiger partial charge on any atom is -0.382 e. The fourth-order valence-electron chi connectivity index (χ4n) is 3.20. The van der Waals surface area contributed by atoms with Crippen LogP contribution in [0.25, 0.3) is 0 Å². The summed E-state index contributed by atoms with van der Waals surface area (Å²) in [5.41, 5.74) is -0.794. The van der Waals surface area contributed by atoms with E-state index < -0.39 is 17.2 Å². The third-order valence-electron chi connectivity index (χ3n) is 4.47. The van der Waals surface area contributed by atoms with Gasteiger partial charge in [-0.05, 0) is 17.7 Å². The van der Waals surface area contributed by atoms with Crippen molar-refractivity contribution >= 4 is 15.9 Å². The third-order valence-corrected chi connectivity index (χ3v) is 5.25. The Kier molecular flexibility index (Phi) is 6.75. The van der Waals surface area contributed by atoms with Crippen LogP contribution in [0.3, 0.4) is 0 Å². The van der Waals surface area contributed by atoms with E-state index in [4.69, 9.17) is 6.42 Å². The highest BCUT2D eigenvalue weighted by atomic mass is 79.9. The summed E-state index contributed by atoms with van der Waals surface area (Å²) < 4.78 is 30.3. The molecule has 0 aliphatic heterocycles. The number of nitrogens with zero attached hydrogens (tertiary/aromatic N) is 4. The molecule has 29 heavy (non-hydrogen) atoms. The van der Waals surface area contributed by atoms with Gasteiger partial charge in [0.1, 0.15) is 29.9 Å². The number of halogens is 3. The minimum atomic E-state index is -1.72. The number of aromatic nitrogens is 3. The predicted octanol–water partition coefficient (Wildman–Crippen LogP) is 3.34. The summed E-state index contributed by atoms with van der Waals surface area (Å²) in [7, 11) is 0. The van der Waals surface area contributed by atoms with Gasteiger partial charge in [-0.3, -0.25) is 4.90 Å². The number of benzene rings is 2. The Bertz CT molecular complexity index is 1010. The van der Waals surface area contributed by atoms with E-state index in [1.165, 1.54) is 23.4 Å². The van der Waals surface area contributed by atoms with Gasteiger partial charge in [-0.15, -0.1) is 6.42 Å². The van der Waals surface area contributed by atoms with Crippen LogP contribution in [-0.4, -0.2) is 37.9 Å². The molecule has 0 bridgehead atoms. The zero-order valence-corrected chi connectivity index (χ0v) is 17.1. The Morgan fingerprint density at radius 3 is 2.69 bits per heavy atom. The molecule has 0 aliphatic carbocycles. The van der Waals surface area contributed by atoms with E-state index in [2.05, 4.69) is 31.9 Å². The van der Waals surface area contributed by atoms with Crippen LogP contribution in [0.1, 0.15) is 11.1 Å². The van der Waals surface area contributed by atoms with Crippen molar-refractivity contribution in [2.45, 2.75) is 18.7 Å². The summed E-state index contributed by atoms with van der Waals surface area (Å²) in [6.07, 6.45) is 8.27. The molecule has 5 nitrogen and oxygen atoms in total. The van der Waals surface area contributed by atoms with Crippen molar-refractivity contribution in [1.82, 2.24) is 19.7 Å². The molecule has 1 heterocycles. The Morgan fingerprint density at radius 1 is 1.24 bits per heavy atom. The van der Waals surface area contributed by atoms with Crippen LogP contribution in [0.5, 0.6) is 0 Å². The normalized spacial score (nSPS) is 13.2. The quantitative estimate of drug-likeness (QED) is 0.523. The second-order valence-corrected chi connectivity index (χ2v) is 7.54. The molecule has 0 aliphatic rings. The number of aliphatic hydroxyl groups is 1. The van der Waals surface area contributed by atoms with E-state index in [9.17, 15) is 13.9 Å². The summed E-state index contributed by atoms with van der Waals surface area (Å²) >= 11 is 3.50. The van der Waals surface area contributed by atoms with Gasteiger partial charge in [0.2, 0.25) is 0 Å². The lowest BCUT2D eigenvalue weighted by Gasteiger charge is -2.34. The first-order valence-corrected chi connectivity index (χ1v) is 9.60. The van der Waals surface area contributed by atoms with Gasteiger partial charge in [0.25, 0.3) is 0 Å². The van der Waals surface area contributed by atoms with Crippen molar-refractivity contribution in [2.24, 2.45) is 0 Å². The van der Waals surface area contributed by atoms with Crippen LogP contribution < -0.4 is 0 Å². The zero-order valence-electron chi connectivity index (χ0n) is 15.5. The van der Waals surface area contributed by atoms with E-state index in [1.54, 1.807) is 0 Å². The highest BCUT2D eigenvalue weighted by molar-refractivity contribution is 9.10.